The molecule has 106 valence electrons. The summed E-state index contributed by atoms with van der Waals surface area (Å²) in [5.41, 5.74) is 1.16. The second-order valence-electron chi connectivity index (χ2n) is 5.84. The molecular weight excluding hydrogens is 238 g/mol. The molecule has 4 heteroatoms. The molecule has 19 heavy (non-hydrogen) atoms. The molecule has 4 nitrogen and oxygen atoms in total. The molecule has 0 amide bonds. The Morgan fingerprint density at radius 1 is 1.21 bits per heavy atom. The zero-order valence-corrected chi connectivity index (χ0v) is 11.7. The molecule has 1 aromatic rings. The number of nitrogens with one attached hydrogen (secondary N) is 1. The van der Waals surface area contributed by atoms with E-state index in [1.54, 1.807) is 0 Å². The van der Waals surface area contributed by atoms with Gasteiger partial charge in [0.05, 0.1) is 17.8 Å². The Morgan fingerprint density at radius 2 is 2.11 bits per heavy atom. The fourth-order valence-corrected chi connectivity index (χ4v) is 3.19. The predicted octanol–water partition coefficient (Wildman–Crippen LogP) is 2.66. The first-order valence-corrected chi connectivity index (χ1v) is 7.78. The number of hydrogen-bond acceptors (Lipinski definition) is 3. The standard InChI is InChI=1S/C15H25N3O/c1-2-5-14(6-3-1)18-9-8-13(17-18)11-16-12-15-7-4-10-19-15/h8-9,14-16H,1-7,10-12H2. The summed E-state index contributed by atoms with van der Waals surface area (Å²) in [5, 5.41) is 8.17. The first-order valence-electron chi connectivity index (χ1n) is 7.78. The predicted molar refractivity (Wildman–Crippen MR) is 75.0 cm³/mol. The largest absolute Gasteiger partial charge is 0.377 e. The SMILES string of the molecule is c1cn(C2CCCCC2)nc1CNCC1CCCO1. The van der Waals surface area contributed by atoms with Crippen LogP contribution in [0.5, 0.6) is 0 Å². The molecule has 1 saturated heterocycles. The monoisotopic (exact) mass is 263 g/mol. The molecule has 0 spiro atoms. The molecule has 2 heterocycles. The van der Waals surface area contributed by atoms with Gasteiger partial charge in [-0.2, -0.15) is 5.10 Å². The summed E-state index contributed by atoms with van der Waals surface area (Å²) < 4.78 is 7.79. The lowest BCUT2D eigenvalue weighted by Crippen LogP contribution is -2.26. The van der Waals surface area contributed by atoms with Crippen LogP contribution in [0.15, 0.2) is 12.3 Å². The van der Waals surface area contributed by atoms with Crippen molar-refractivity contribution in [3.63, 3.8) is 0 Å². The Bertz CT molecular complexity index is 378. The maximum absolute atomic E-state index is 5.60. The summed E-state index contributed by atoms with van der Waals surface area (Å²) in [7, 11) is 0. The third-order valence-corrected chi connectivity index (χ3v) is 4.31. The van der Waals surface area contributed by atoms with Crippen LogP contribution >= 0.6 is 0 Å². The van der Waals surface area contributed by atoms with Crippen molar-refractivity contribution in [3.05, 3.63) is 18.0 Å². The van der Waals surface area contributed by atoms with Crippen molar-refractivity contribution in [2.45, 2.75) is 63.6 Å². The van der Waals surface area contributed by atoms with Gasteiger partial charge >= 0.3 is 0 Å². The molecule has 1 aliphatic heterocycles. The highest BCUT2D eigenvalue weighted by molar-refractivity contribution is 4.99. The van der Waals surface area contributed by atoms with Gasteiger partial charge < -0.3 is 10.1 Å². The summed E-state index contributed by atoms with van der Waals surface area (Å²) in [4.78, 5) is 0. The van der Waals surface area contributed by atoms with E-state index in [1.165, 1.54) is 44.9 Å². The Balaban J connectivity index is 1.44. The first kappa shape index (κ1) is 13.1. The molecule has 2 aliphatic rings. The van der Waals surface area contributed by atoms with Gasteiger partial charge in [0.2, 0.25) is 0 Å². The normalized spacial score (nSPS) is 24.9. The fourth-order valence-electron chi connectivity index (χ4n) is 3.19. The topological polar surface area (TPSA) is 39.1 Å². The second-order valence-corrected chi connectivity index (χ2v) is 5.84. The van der Waals surface area contributed by atoms with Crippen LogP contribution in [-0.2, 0) is 11.3 Å². The molecule has 3 rings (SSSR count). The zero-order valence-electron chi connectivity index (χ0n) is 11.7. The molecule has 1 N–H and O–H groups in total. The highest BCUT2D eigenvalue weighted by Crippen LogP contribution is 2.27. The van der Waals surface area contributed by atoms with Gasteiger partial charge in [-0.15, -0.1) is 0 Å². The minimum atomic E-state index is 0.417. The third-order valence-electron chi connectivity index (χ3n) is 4.31. The van der Waals surface area contributed by atoms with Crippen molar-refractivity contribution in [3.8, 4) is 0 Å². The minimum Gasteiger partial charge on any atom is -0.377 e. The van der Waals surface area contributed by atoms with Crippen LogP contribution in [-0.4, -0.2) is 29.0 Å². The van der Waals surface area contributed by atoms with Crippen LogP contribution in [0.25, 0.3) is 0 Å². The van der Waals surface area contributed by atoms with Crippen molar-refractivity contribution >= 4 is 0 Å². The lowest BCUT2D eigenvalue weighted by molar-refractivity contribution is 0.110. The molecule has 1 saturated carbocycles. The maximum Gasteiger partial charge on any atom is 0.0762 e. The van der Waals surface area contributed by atoms with E-state index in [1.807, 2.05) is 0 Å². The van der Waals surface area contributed by atoms with Gasteiger partial charge in [-0.05, 0) is 31.7 Å². The highest BCUT2D eigenvalue weighted by atomic mass is 16.5. The molecule has 0 radical (unpaired) electrons. The number of nitrogens with zero attached hydrogens (tertiary/aromatic N) is 2. The van der Waals surface area contributed by atoms with E-state index in [4.69, 9.17) is 9.84 Å². The number of aromatic nitrogens is 2. The van der Waals surface area contributed by atoms with Gasteiger partial charge in [0.1, 0.15) is 0 Å². The molecule has 2 fully saturated rings. The van der Waals surface area contributed by atoms with E-state index in [2.05, 4.69) is 22.3 Å². The van der Waals surface area contributed by atoms with Gasteiger partial charge in [0.15, 0.2) is 0 Å². The molecule has 0 aromatic carbocycles. The Kier molecular flexibility index (Phi) is 4.51. The van der Waals surface area contributed by atoms with Crippen molar-refractivity contribution in [1.82, 2.24) is 15.1 Å². The lowest BCUT2D eigenvalue weighted by Gasteiger charge is -2.21. The van der Waals surface area contributed by atoms with Gasteiger partial charge in [-0.25, -0.2) is 0 Å². The number of rotatable bonds is 5. The van der Waals surface area contributed by atoms with E-state index >= 15 is 0 Å². The molecule has 1 unspecified atom stereocenters. The van der Waals surface area contributed by atoms with Crippen molar-refractivity contribution in [2.24, 2.45) is 0 Å². The van der Waals surface area contributed by atoms with Crippen molar-refractivity contribution in [2.75, 3.05) is 13.2 Å². The fraction of sp³-hybridized carbons (Fsp3) is 0.800. The van der Waals surface area contributed by atoms with E-state index in [0.29, 0.717) is 12.1 Å². The maximum atomic E-state index is 5.60. The minimum absolute atomic E-state index is 0.417. The molecule has 1 aliphatic carbocycles. The summed E-state index contributed by atoms with van der Waals surface area (Å²) in [6.45, 7) is 2.75. The Labute approximate surface area is 115 Å². The second kappa shape index (κ2) is 6.53. The van der Waals surface area contributed by atoms with Crippen LogP contribution in [0, 0.1) is 0 Å². The van der Waals surface area contributed by atoms with E-state index < -0.39 is 0 Å². The molecule has 0 bridgehead atoms. The molecule has 1 atom stereocenters. The van der Waals surface area contributed by atoms with Crippen molar-refractivity contribution in [1.29, 1.82) is 0 Å². The number of ether oxygens (including phenoxy) is 1. The van der Waals surface area contributed by atoms with Crippen LogP contribution in [0.3, 0.4) is 0 Å². The van der Waals surface area contributed by atoms with Crippen molar-refractivity contribution < 1.29 is 4.74 Å². The Hall–Kier alpha value is -0.870. The number of hydrogen-bond donors (Lipinski definition) is 1. The van der Waals surface area contributed by atoms with Crippen LogP contribution < -0.4 is 5.32 Å². The average Bonchev–Trinajstić information content (AvgIpc) is 3.11. The smallest absolute Gasteiger partial charge is 0.0762 e. The molecular formula is C15H25N3O. The quantitative estimate of drug-likeness (QED) is 0.887. The summed E-state index contributed by atoms with van der Waals surface area (Å²) in [5.74, 6) is 0. The summed E-state index contributed by atoms with van der Waals surface area (Å²) >= 11 is 0. The van der Waals surface area contributed by atoms with E-state index in [-0.39, 0.29) is 0 Å². The third kappa shape index (κ3) is 3.57. The van der Waals surface area contributed by atoms with Gasteiger partial charge in [0.25, 0.3) is 0 Å². The average molecular weight is 263 g/mol. The first-order chi connectivity index (χ1) is 9.42. The van der Waals surface area contributed by atoms with E-state index in [9.17, 15) is 0 Å². The van der Waals surface area contributed by atoms with Gasteiger partial charge in [0, 0.05) is 25.9 Å². The van der Waals surface area contributed by atoms with Gasteiger partial charge in [-0.1, -0.05) is 19.3 Å². The summed E-state index contributed by atoms with van der Waals surface area (Å²) in [6, 6.07) is 2.79. The lowest BCUT2D eigenvalue weighted by atomic mass is 9.96. The summed E-state index contributed by atoms with van der Waals surface area (Å²) in [6.07, 6.45) is 11.7. The van der Waals surface area contributed by atoms with Crippen LogP contribution in [0.4, 0.5) is 0 Å². The Morgan fingerprint density at radius 3 is 2.89 bits per heavy atom. The van der Waals surface area contributed by atoms with Gasteiger partial charge in [-0.3, -0.25) is 4.68 Å². The van der Waals surface area contributed by atoms with Crippen LogP contribution in [0.1, 0.15) is 56.7 Å². The van der Waals surface area contributed by atoms with Crippen LogP contribution in [0.2, 0.25) is 0 Å². The zero-order chi connectivity index (χ0) is 12.9. The highest BCUT2D eigenvalue weighted by Gasteiger charge is 2.17. The van der Waals surface area contributed by atoms with E-state index in [0.717, 1.165) is 25.4 Å². The molecule has 1 aromatic heterocycles.